The third-order valence-corrected chi connectivity index (χ3v) is 1.88. The molecule has 3 heteroatoms. The zero-order chi connectivity index (χ0) is 11.5. The van der Waals surface area contributed by atoms with Crippen LogP contribution < -0.4 is 5.32 Å². The summed E-state index contributed by atoms with van der Waals surface area (Å²) in [5, 5.41) is 2.84. The number of nitrogens with zero attached hydrogens (tertiary/aromatic N) is 1. The molecule has 0 fully saturated rings. The smallest absolute Gasteiger partial charge is 0.243 e. The summed E-state index contributed by atoms with van der Waals surface area (Å²) >= 11 is 0. The van der Waals surface area contributed by atoms with Crippen LogP contribution in [0.5, 0.6) is 0 Å². The van der Waals surface area contributed by atoms with E-state index < -0.39 is 0 Å². The molecule has 1 N–H and O–H groups in total. The lowest BCUT2D eigenvalue weighted by atomic mass is 10.3. The van der Waals surface area contributed by atoms with Gasteiger partial charge in [0.25, 0.3) is 0 Å². The largest absolute Gasteiger partial charge is 0.353 e. The second kappa shape index (κ2) is 9.46. The zero-order valence-electron chi connectivity index (χ0n) is 9.99. The van der Waals surface area contributed by atoms with Crippen molar-refractivity contribution in [3.8, 4) is 0 Å². The van der Waals surface area contributed by atoms with Gasteiger partial charge in [-0.25, -0.2) is 0 Å². The normalized spacial score (nSPS) is 11.7. The first-order valence-corrected chi connectivity index (χ1v) is 5.38. The Morgan fingerprint density at radius 3 is 2.60 bits per heavy atom. The third kappa shape index (κ3) is 10.8. The maximum atomic E-state index is 11.2. The number of rotatable bonds is 7. The van der Waals surface area contributed by atoms with Crippen LogP contribution in [0.15, 0.2) is 24.3 Å². The van der Waals surface area contributed by atoms with Crippen LogP contribution in [0, 0.1) is 0 Å². The molecule has 0 heterocycles. The molecule has 1 amide bonds. The lowest BCUT2D eigenvalue weighted by Gasteiger charge is -2.08. The highest BCUT2D eigenvalue weighted by Crippen LogP contribution is 1.88. The monoisotopic (exact) mass is 210 g/mol. The molecular formula is C12H22N2O. The quantitative estimate of drug-likeness (QED) is 0.393. The average Bonchev–Trinajstić information content (AvgIpc) is 2.17. The average molecular weight is 210 g/mol. The molecular weight excluding hydrogens is 188 g/mol. The predicted octanol–water partition coefficient (Wildman–Crippen LogP) is 1.58. The highest BCUT2D eigenvalue weighted by molar-refractivity contribution is 5.87. The van der Waals surface area contributed by atoms with Crippen LogP contribution in [-0.2, 0) is 4.79 Å². The molecule has 0 atom stereocenters. The molecule has 0 aromatic carbocycles. The van der Waals surface area contributed by atoms with Crippen LogP contribution >= 0.6 is 0 Å². The number of hydrogen-bond acceptors (Lipinski definition) is 2. The fourth-order valence-electron chi connectivity index (χ4n) is 1.08. The predicted molar refractivity (Wildman–Crippen MR) is 64.8 cm³/mol. The summed E-state index contributed by atoms with van der Waals surface area (Å²) in [4.78, 5) is 13.3. The van der Waals surface area contributed by atoms with Crippen LogP contribution in [0.4, 0.5) is 0 Å². The first-order chi connectivity index (χ1) is 7.16. The first kappa shape index (κ1) is 13.9. The number of amides is 1. The summed E-state index contributed by atoms with van der Waals surface area (Å²) in [5.74, 6) is -0.0158. The van der Waals surface area contributed by atoms with E-state index in [1.54, 1.807) is 12.2 Å². The molecule has 0 saturated carbocycles. The van der Waals surface area contributed by atoms with Gasteiger partial charge in [0.1, 0.15) is 0 Å². The lowest BCUT2D eigenvalue weighted by Crippen LogP contribution is -2.23. The number of hydrogen-bond donors (Lipinski definition) is 1. The van der Waals surface area contributed by atoms with E-state index in [2.05, 4.69) is 24.3 Å². The minimum absolute atomic E-state index is 0.0158. The molecule has 0 unspecified atom stereocenters. The Morgan fingerprint density at radius 2 is 2.00 bits per heavy atom. The van der Waals surface area contributed by atoms with Gasteiger partial charge in [-0.3, -0.25) is 4.79 Å². The summed E-state index contributed by atoms with van der Waals surface area (Å²) in [6.45, 7) is 3.75. The van der Waals surface area contributed by atoms with Crippen molar-refractivity contribution in [2.24, 2.45) is 0 Å². The van der Waals surface area contributed by atoms with E-state index >= 15 is 0 Å². The van der Waals surface area contributed by atoms with Gasteiger partial charge in [0.2, 0.25) is 5.91 Å². The number of allylic oxidation sites excluding steroid dienone is 3. The first-order valence-electron chi connectivity index (χ1n) is 5.38. The van der Waals surface area contributed by atoms with Gasteiger partial charge in [-0.05, 0) is 40.4 Å². The molecule has 0 aromatic heterocycles. The second-order valence-electron chi connectivity index (χ2n) is 3.69. The van der Waals surface area contributed by atoms with Crippen molar-refractivity contribution < 1.29 is 4.79 Å². The molecule has 0 aliphatic carbocycles. The molecule has 3 nitrogen and oxygen atoms in total. The number of carbonyl (C=O) groups excluding carboxylic acids is 1. The van der Waals surface area contributed by atoms with Crippen molar-refractivity contribution in [3.63, 3.8) is 0 Å². The molecule has 86 valence electrons. The molecule has 0 rings (SSSR count). The van der Waals surface area contributed by atoms with Crippen molar-refractivity contribution in [1.82, 2.24) is 10.2 Å². The van der Waals surface area contributed by atoms with Crippen LogP contribution in [0.3, 0.4) is 0 Å². The van der Waals surface area contributed by atoms with Gasteiger partial charge < -0.3 is 10.2 Å². The highest BCUT2D eigenvalue weighted by Gasteiger charge is 1.94. The van der Waals surface area contributed by atoms with E-state index in [1.807, 2.05) is 19.1 Å². The Bertz CT molecular complexity index is 220. The van der Waals surface area contributed by atoms with Crippen LogP contribution in [0.2, 0.25) is 0 Å². The van der Waals surface area contributed by atoms with E-state index in [4.69, 9.17) is 0 Å². The Morgan fingerprint density at radius 1 is 1.27 bits per heavy atom. The number of unbranched alkanes of at least 4 members (excludes halogenated alkanes) is 1. The minimum Gasteiger partial charge on any atom is -0.353 e. The van der Waals surface area contributed by atoms with E-state index in [-0.39, 0.29) is 5.91 Å². The second-order valence-corrected chi connectivity index (χ2v) is 3.69. The SMILES string of the molecule is C/C=C/C=C/C(=O)NCCCCN(C)C. The van der Waals surface area contributed by atoms with E-state index in [9.17, 15) is 4.79 Å². The number of nitrogens with one attached hydrogen (secondary N) is 1. The topological polar surface area (TPSA) is 32.3 Å². The molecule has 0 aliphatic rings. The standard InChI is InChI=1S/C12H22N2O/c1-4-5-6-9-12(15)13-10-7-8-11-14(2)3/h4-6,9H,7-8,10-11H2,1-3H3,(H,13,15)/b5-4+,9-6+. The van der Waals surface area contributed by atoms with Crippen molar-refractivity contribution >= 4 is 5.91 Å². The van der Waals surface area contributed by atoms with Gasteiger partial charge in [0.05, 0.1) is 0 Å². The van der Waals surface area contributed by atoms with Gasteiger partial charge in [-0.1, -0.05) is 18.2 Å². The van der Waals surface area contributed by atoms with Crippen molar-refractivity contribution in [2.75, 3.05) is 27.2 Å². The lowest BCUT2D eigenvalue weighted by molar-refractivity contribution is -0.116. The molecule has 0 spiro atoms. The summed E-state index contributed by atoms with van der Waals surface area (Å²) in [6.07, 6.45) is 9.17. The van der Waals surface area contributed by atoms with Crippen LogP contribution in [0.25, 0.3) is 0 Å². The zero-order valence-corrected chi connectivity index (χ0v) is 9.99. The third-order valence-electron chi connectivity index (χ3n) is 1.88. The molecule has 0 saturated heterocycles. The van der Waals surface area contributed by atoms with E-state index in [0.29, 0.717) is 0 Å². The van der Waals surface area contributed by atoms with Gasteiger partial charge in [-0.15, -0.1) is 0 Å². The molecule has 15 heavy (non-hydrogen) atoms. The van der Waals surface area contributed by atoms with Crippen LogP contribution in [0.1, 0.15) is 19.8 Å². The van der Waals surface area contributed by atoms with Gasteiger partial charge in [0, 0.05) is 12.6 Å². The Balaban J connectivity index is 3.39. The Kier molecular flexibility index (Phi) is 8.78. The van der Waals surface area contributed by atoms with E-state index in [1.165, 1.54) is 0 Å². The maximum absolute atomic E-state index is 11.2. The Hall–Kier alpha value is -1.09. The maximum Gasteiger partial charge on any atom is 0.243 e. The summed E-state index contributed by atoms with van der Waals surface area (Å²) < 4.78 is 0. The van der Waals surface area contributed by atoms with E-state index in [0.717, 1.165) is 25.9 Å². The summed E-state index contributed by atoms with van der Waals surface area (Å²) in [5.41, 5.74) is 0. The molecule has 0 bridgehead atoms. The fourth-order valence-corrected chi connectivity index (χ4v) is 1.08. The van der Waals surface area contributed by atoms with Crippen LogP contribution in [-0.4, -0.2) is 38.0 Å². The molecule has 0 aliphatic heterocycles. The van der Waals surface area contributed by atoms with Gasteiger partial charge >= 0.3 is 0 Å². The van der Waals surface area contributed by atoms with Gasteiger partial charge in [0.15, 0.2) is 0 Å². The highest BCUT2D eigenvalue weighted by atomic mass is 16.1. The minimum atomic E-state index is -0.0158. The fraction of sp³-hybridized carbons (Fsp3) is 0.583. The van der Waals surface area contributed by atoms with Crippen molar-refractivity contribution in [2.45, 2.75) is 19.8 Å². The summed E-state index contributed by atoms with van der Waals surface area (Å²) in [6, 6.07) is 0. The summed E-state index contributed by atoms with van der Waals surface area (Å²) in [7, 11) is 4.11. The van der Waals surface area contributed by atoms with Gasteiger partial charge in [-0.2, -0.15) is 0 Å². The van der Waals surface area contributed by atoms with Crippen molar-refractivity contribution in [1.29, 1.82) is 0 Å². The Labute approximate surface area is 92.8 Å². The van der Waals surface area contributed by atoms with Crippen molar-refractivity contribution in [3.05, 3.63) is 24.3 Å². The molecule has 0 radical (unpaired) electrons. The molecule has 0 aromatic rings. The number of carbonyl (C=O) groups is 1.